The highest BCUT2D eigenvalue weighted by molar-refractivity contribution is 5.69. The average molecular weight is 147 g/mol. The van der Waals surface area contributed by atoms with Gasteiger partial charge in [0.15, 0.2) is 0 Å². The van der Waals surface area contributed by atoms with Crippen LogP contribution in [0.2, 0.25) is 0 Å². The van der Waals surface area contributed by atoms with Crippen molar-refractivity contribution < 1.29 is 14.6 Å². The molecule has 0 atom stereocenters. The molecule has 0 aliphatic rings. The van der Waals surface area contributed by atoms with E-state index >= 15 is 0 Å². The molecule has 0 fully saturated rings. The second-order valence-electron chi connectivity index (χ2n) is 2.46. The molecule has 0 aromatic carbocycles. The highest BCUT2D eigenvalue weighted by Gasteiger charge is 2.15. The normalized spacial score (nSPS) is 11.5. The van der Waals surface area contributed by atoms with Gasteiger partial charge >= 0.3 is 5.97 Å². The van der Waals surface area contributed by atoms with E-state index in [1.54, 1.807) is 13.8 Å². The van der Waals surface area contributed by atoms with Crippen LogP contribution in [0.5, 0.6) is 0 Å². The maximum Gasteiger partial charge on any atom is 0.317 e. The molecule has 0 unspecified atom stereocenters. The predicted molar refractivity (Wildman–Crippen MR) is 36.7 cm³/mol. The molecule has 0 rings (SSSR count). The minimum absolute atomic E-state index is 0.0825. The van der Waals surface area contributed by atoms with Gasteiger partial charge in [0.05, 0.1) is 6.54 Å². The zero-order valence-corrected chi connectivity index (χ0v) is 6.47. The quantitative estimate of drug-likeness (QED) is 0.551. The van der Waals surface area contributed by atoms with Gasteiger partial charge in [-0.05, 0) is 13.8 Å². The number of carbonyl (C=O) groups is 1. The van der Waals surface area contributed by atoms with Crippen molar-refractivity contribution in [3.63, 3.8) is 0 Å². The van der Waals surface area contributed by atoms with Crippen LogP contribution in [-0.4, -0.2) is 30.5 Å². The third-order valence-electron chi connectivity index (χ3n) is 1.18. The van der Waals surface area contributed by atoms with Crippen molar-refractivity contribution in [2.75, 3.05) is 13.7 Å². The molecule has 10 heavy (non-hydrogen) atoms. The van der Waals surface area contributed by atoms with Gasteiger partial charge in [0, 0.05) is 7.11 Å². The molecule has 0 heterocycles. The summed E-state index contributed by atoms with van der Waals surface area (Å²) in [6.07, 6.45) is 0. The molecule has 0 amide bonds. The first kappa shape index (κ1) is 9.39. The Bertz CT molecular complexity index is 122. The van der Waals surface area contributed by atoms with E-state index in [2.05, 4.69) is 5.32 Å². The van der Waals surface area contributed by atoms with Crippen LogP contribution < -0.4 is 5.32 Å². The molecule has 0 radical (unpaired) electrons. The number of carboxylic acids is 1. The Labute approximate surface area is 60.2 Å². The minimum Gasteiger partial charge on any atom is -0.480 e. The van der Waals surface area contributed by atoms with Gasteiger partial charge in [-0.15, -0.1) is 0 Å². The second kappa shape index (κ2) is 3.53. The number of rotatable bonds is 4. The van der Waals surface area contributed by atoms with Crippen LogP contribution in [0.15, 0.2) is 0 Å². The minimum atomic E-state index is -0.884. The van der Waals surface area contributed by atoms with E-state index in [1.807, 2.05) is 0 Å². The van der Waals surface area contributed by atoms with Gasteiger partial charge in [-0.2, -0.15) is 0 Å². The van der Waals surface area contributed by atoms with Crippen molar-refractivity contribution in [2.45, 2.75) is 19.6 Å². The Kier molecular flexibility index (Phi) is 3.32. The van der Waals surface area contributed by atoms with Crippen LogP contribution in [0.3, 0.4) is 0 Å². The van der Waals surface area contributed by atoms with Crippen molar-refractivity contribution in [3.8, 4) is 0 Å². The molecule has 0 spiro atoms. The summed E-state index contributed by atoms with van der Waals surface area (Å²) < 4.78 is 4.91. The van der Waals surface area contributed by atoms with Crippen molar-refractivity contribution in [1.82, 2.24) is 5.32 Å². The van der Waals surface area contributed by atoms with Crippen LogP contribution in [0.1, 0.15) is 13.8 Å². The topological polar surface area (TPSA) is 58.6 Å². The third kappa shape index (κ3) is 4.29. The van der Waals surface area contributed by atoms with Gasteiger partial charge in [0.1, 0.15) is 5.72 Å². The summed E-state index contributed by atoms with van der Waals surface area (Å²) >= 11 is 0. The lowest BCUT2D eigenvalue weighted by Crippen LogP contribution is -2.43. The van der Waals surface area contributed by atoms with Gasteiger partial charge in [-0.25, -0.2) is 0 Å². The van der Waals surface area contributed by atoms with E-state index in [0.29, 0.717) is 0 Å². The van der Waals surface area contributed by atoms with Crippen molar-refractivity contribution in [3.05, 3.63) is 0 Å². The average Bonchev–Trinajstić information content (AvgIpc) is 1.85. The lowest BCUT2D eigenvalue weighted by Gasteiger charge is -2.23. The number of ether oxygens (including phenoxy) is 1. The number of carboxylic acid groups (broad SMARTS) is 1. The van der Waals surface area contributed by atoms with Gasteiger partial charge in [-0.3, -0.25) is 10.1 Å². The van der Waals surface area contributed by atoms with Crippen LogP contribution >= 0.6 is 0 Å². The Morgan fingerprint density at radius 2 is 2.20 bits per heavy atom. The Hall–Kier alpha value is -0.610. The van der Waals surface area contributed by atoms with Crippen molar-refractivity contribution in [2.24, 2.45) is 0 Å². The SMILES string of the molecule is COC(C)(C)NCC(=O)O. The largest absolute Gasteiger partial charge is 0.480 e. The van der Waals surface area contributed by atoms with Gasteiger partial charge in [-0.1, -0.05) is 0 Å². The zero-order valence-electron chi connectivity index (χ0n) is 6.47. The fraction of sp³-hybridized carbons (Fsp3) is 0.833. The van der Waals surface area contributed by atoms with Crippen LogP contribution in [0, 0.1) is 0 Å². The molecular formula is C6H13NO3. The molecule has 0 saturated carbocycles. The smallest absolute Gasteiger partial charge is 0.317 e. The lowest BCUT2D eigenvalue weighted by atomic mass is 10.3. The van der Waals surface area contributed by atoms with E-state index in [9.17, 15) is 4.79 Å². The van der Waals surface area contributed by atoms with Gasteiger partial charge < -0.3 is 9.84 Å². The molecule has 4 nitrogen and oxygen atoms in total. The van der Waals surface area contributed by atoms with Gasteiger partial charge in [0.2, 0.25) is 0 Å². The van der Waals surface area contributed by atoms with E-state index in [0.717, 1.165) is 0 Å². The van der Waals surface area contributed by atoms with Crippen LogP contribution in [0.4, 0.5) is 0 Å². The highest BCUT2D eigenvalue weighted by Crippen LogP contribution is 1.99. The van der Waals surface area contributed by atoms with E-state index < -0.39 is 11.7 Å². The Morgan fingerprint density at radius 1 is 1.70 bits per heavy atom. The second-order valence-corrected chi connectivity index (χ2v) is 2.46. The van der Waals surface area contributed by atoms with E-state index in [4.69, 9.17) is 9.84 Å². The summed E-state index contributed by atoms with van der Waals surface area (Å²) in [7, 11) is 1.52. The summed E-state index contributed by atoms with van der Waals surface area (Å²) in [5.74, 6) is -0.884. The number of aliphatic carboxylic acids is 1. The molecule has 0 aliphatic heterocycles. The number of nitrogens with one attached hydrogen (secondary N) is 1. The number of hydrogen-bond acceptors (Lipinski definition) is 3. The molecular weight excluding hydrogens is 134 g/mol. The van der Waals surface area contributed by atoms with Crippen molar-refractivity contribution in [1.29, 1.82) is 0 Å². The van der Waals surface area contributed by atoms with E-state index in [1.165, 1.54) is 7.11 Å². The first-order valence-corrected chi connectivity index (χ1v) is 3.00. The molecule has 4 heteroatoms. The number of hydrogen-bond donors (Lipinski definition) is 2. The van der Waals surface area contributed by atoms with Crippen molar-refractivity contribution >= 4 is 5.97 Å². The summed E-state index contributed by atoms with van der Waals surface area (Å²) in [5, 5.41) is 10.9. The third-order valence-corrected chi connectivity index (χ3v) is 1.18. The Balaban J connectivity index is 3.56. The van der Waals surface area contributed by atoms with Crippen LogP contribution in [-0.2, 0) is 9.53 Å². The molecule has 2 N–H and O–H groups in total. The molecule has 0 aromatic rings. The monoisotopic (exact) mass is 147 g/mol. The summed E-state index contributed by atoms with van der Waals surface area (Å²) in [4.78, 5) is 10.0. The number of methoxy groups -OCH3 is 1. The first-order valence-electron chi connectivity index (χ1n) is 3.00. The maximum absolute atomic E-state index is 10.0. The molecule has 0 bridgehead atoms. The summed E-state index contributed by atoms with van der Waals surface area (Å²) in [6, 6.07) is 0. The molecule has 0 aromatic heterocycles. The maximum atomic E-state index is 10.0. The highest BCUT2D eigenvalue weighted by atomic mass is 16.5. The Morgan fingerprint density at radius 3 is 2.50 bits per heavy atom. The first-order chi connectivity index (χ1) is 4.48. The van der Waals surface area contributed by atoms with Gasteiger partial charge in [0.25, 0.3) is 0 Å². The molecule has 0 aliphatic carbocycles. The fourth-order valence-corrected chi connectivity index (χ4v) is 0.361. The lowest BCUT2D eigenvalue weighted by molar-refractivity contribution is -0.137. The zero-order chi connectivity index (χ0) is 8.20. The fourth-order valence-electron chi connectivity index (χ4n) is 0.361. The molecule has 0 saturated heterocycles. The summed E-state index contributed by atoms with van der Waals surface area (Å²) in [5.41, 5.74) is -0.557. The standard InChI is InChI=1S/C6H13NO3/c1-6(2,10-3)7-4-5(8)9/h7H,4H2,1-3H3,(H,8,9). The van der Waals surface area contributed by atoms with Crippen LogP contribution in [0.25, 0.3) is 0 Å². The molecule has 60 valence electrons. The summed E-state index contributed by atoms with van der Waals surface area (Å²) in [6.45, 7) is 3.44. The van der Waals surface area contributed by atoms with E-state index in [-0.39, 0.29) is 6.54 Å². The predicted octanol–water partition coefficient (Wildman–Crippen LogP) is 0.0431.